The Balaban J connectivity index is 2.43. The average molecular weight is 268 g/mol. The first-order valence-corrected chi connectivity index (χ1v) is 6.23. The van der Waals surface area contributed by atoms with Gasteiger partial charge in [0.1, 0.15) is 5.88 Å². The van der Waals surface area contributed by atoms with E-state index in [1.54, 1.807) is 0 Å². The number of carbonyl (C=O) groups excluding carboxylic acids is 2. The van der Waals surface area contributed by atoms with Crippen LogP contribution in [0.3, 0.4) is 0 Å². The second-order valence-electron chi connectivity index (χ2n) is 4.10. The van der Waals surface area contributed by atoms with Gasteiger partial charge in [-0.1, -0.05) is 24.3 Å². The number of rotatable bonds is 2. The second-order valence-corrected chi connectivity index (χ2v) is 4.36. The second kappa shape index (κ2) is 5.40. The zero-order valence-corrected chi connectivity index (χ0v) is 10.8. The van der Waals surface area contributed by atoms with E-state index in [4.69, 9.17) is 16.3 Å². The molecule has 1 aliphatic rings. The zero-order chi connectivity index (χ0) is 13.1. The average Bonchev–Trinajstić information content (AvgIpc) is 2.44. The van der Waals surface area contributed by atoms with Crippen molar-refractivity contribution in [3.63, 3.8) is 0 Å². The molecule has 2 rings (SSSR count). The van der Waals surface area contributed by atoms with Crippen molar-refractivity contribution in [2.24, 2.45) is 0 Å². The molecule has 0 spiro atoms. The molecule has 1 atom stereocenters. The van der Waals surface area contributed by atoms with Gasteiger partial charge in [-0.3, -0.25) is 4.79 Å². The lowest BCUT2D eigenvalue weighted by atomic mass is 9.92. The molecule has 1 amide bonds. The number of fused-ring (bicyclic) bond motifs is 1. The summed E-state index contributed by atoms with van der Waals surface area (Å²) in [5, 5.41) is 0. The Morgan fingerprint density at radius 1 is 1.44 bits per heavy atom. The number of methoxy groups -OCH3 is 1. The number of halogens is 1. The summed E-state index contributed by atoms with van der Waals surface area (Å²) in [6, 6.07) is 6.92. The van der Waals surface area contributed by atoms with Gasteiger partial charge in [-0.25, -0.2) is 4.79 Å². The van der Waals surface area contributed by atoms with E-state index in [2.05, 4.69) is 0 Å². The van der Waals surface area contributed by atoms with E-state index in [-0.39, 0.29) is 11.8 Å². The first kappa shape index (κ1) is 12.9. The molecule has 1 aromatic carbocycles. The van der Waals surface area contributed by atoms with Gasteiger partial charge >= 0.3 is 5.97 Å². The fourth-order valence-corrected chi connectivity index (χ4v) is 2.43. The van der Waals surface area contributed by atoms with E-state index < -0.39 is 12.0 Å². The van der Waals surface area contributed by atoms with Crippen molar-refractivity contribution < 1.29 is 14.3 Å². The number of esters is 1. The maximum absolute atomic E-state index is 11.9. The van der Waals surface area contributed by atoms with Crippen molar-refractivity contribution in [1.82, 2.24) is 4.90 Å². The molecule has 0 radical (unpaired) electrons. The number of ether oxygens (including phenoxy) is 1. The van der Waals surface area contributed by atoms with Gasteiger partial charge in [-0.15, -0.1) is 11.6 Å². The third-order valence-corrected chi connectivity index (χ3v) is 3.37. The molecule has 0 aromatic heterocycles. The van der Waals surface area contributed by atoms with Crippen LogP contribution in [-0.2, 0) is 20.7 Å². The van der Waals surface area contributed by atoms with Crippen LogP contribution in [0.5, 0.6) is 0 Å². The normalized spacial score (nSPS) is 18.1. The fourth-order valence-electron chi connectivity index (χ4n) is 2.28. The molecule has 0 saturated carbocycles. The number of amides is 1. The Kier molecular flexibility index (Phi) is 3.87. The maximum atomic E-state index is 11.9. The van der Waals surface area contributed by atoms with Gasteiger partial charge in [0.25, 0.3) is 0 Å². The molecule has 0 fully saturated rings. The minimum Gasteiger partial charge on any atom is -0.467 e. The van der Waals surface area contributed by atoms with Gasteiger partial charge in [0.05, 0.1) is 7.11 Å². The topological polar surface area (TPSA) is 46.6 Å². The summed E-state index contributed by atoms with van der Waals surface area (Å²) in [4.78, 5) is 25.2. The Bertz CT molecular complexity index is 475. The van der Waals surface area contributed by atoms with E-state index in [9.17, 15) is 9.59 Å². The van der Waals surface area contributed by atoms with E-state index >= 15 is 0 Å². The van der Waals surface area contributed by atoms with Crippen LogP contribution in [0.2, 0.25) is 0 Å². The number of benzene rings is 1. The number of hydrogen-bond acceptors (Lipinski definition) is 3. The van der Waals surface area contributed by atoms with Gasteiger partial charge in [0, 0.05) is 6.54 Å². The van der Waals surface area contributed by atoms with Crippen LogP contribution < -0.4 is 0 Å². The number of nitrogens with zero attached hydrogens (tertiary/aromatic N) is 1. The molecule has 0 saturated heterocycles. The fraction of sp³-hybridized carbons (Fsp3) is 0.385. The van der Waals surface area contributed by atoms with Crippen molar-refractivity contribution in [1.29, 1.82) is 0 Å². The highest BCUT2D eigenvalue weighted by molar-refractivity contribution is 6.27. The molecule has 1 aliphatic heterocycles. The molecular formula is C13H14ClNO3. The number of carbonyl (C=O) groups is 2. The van der Waals surface area contributed by atoms with Crippen molar-refractivity contribution in [3.8, 4) is 0 Å². The predicted octanol–water partition coefficient (Wildman–Crippen LogP) is 1.52. The molecule has 0 N–H and O–H groups in total. The van der Waals surface area contributed by atoms with Crippen LogP contribution in [0.25, 0.3) is 0 Å². The third-order valence-electron chi connectivity index (χ3n) is 3.14. The van der Waals surface area contributed by atoms with E-state index in [1.807, 2.05) is 24.3 Å². The lowest BCUT2D eigenvalue weighted by molar-refractivity contribution is -0.153. The summed E-state index contributed by atoms with van der Waals surface area (Å²) in [6.07, 6.45) is 0.728. The first-order chi connectivity index (χ1) is 8.69. The van der Waals surface area contributed by atoms with Gasteiger partial charge in [-0.05, 0) is 17.5 Å². The smallest absolute Gasteiger partial charge is 0.333 e. The van der Waals surface area contributed by atoms with Crippen molar-refractivity contribution in [2.45, 2.75) is 12.5 Å². The minimum absolute atomic E-state index is 0.129. The van der Waals surface area contributed by atoms with Crippen LogP contribution in [0, 0.1) is 0 Å². The molecule has 5 heteroatoms. The molecule has 4 nitrogen and oxygen atoms in total. The SMILES string of the molecule is COC(=O)C1c2ccccc2CCN1C(=O)CCl. The molecule has 1 aromatic rings. The Morgan fingerprint density at radius 3 is 2.83 bits per heavy atom. The van der Waals surface area contributed by atoms with Gasteiger partial charge in [0.2, 0.25) is 5.91 Å². The lowest BCUT2D eigenvalue weighted by Crippen LogP contribution is -2.44. The Labute approximate surface area is 110 Å². The van der Waals surface area contributed by atoms with E-state index in [0.717, 1.165) is 17.5 Å². The Morgan fingerprint density at radius 2 is 2.17 bits per heavy atom. The van der Waals surface area contributed by atoms with Gasteiger partial charge in [-0.2, -0.15) is 0 Å². The Hall–Kier alpha value is -1.55. The van der Waals surface area contributed by atoms with E-state index in [1.165, 1.54) is 12.0 Å². The van der Waals surface area contributed by atoms with Gasteiger partial charge in [0.15, 0.2) is 6.04 Å². The molecule has 1 unspecified atom stereocenters. The first-order valence-electron chi connectivity index (χ1n) is 5.70. The standard InChI is InChI=1S/C13H14ClNO3/c1-18-13(17)12-10-5-3-2-4-9(10)6-7-15(12)11(16)8-14/h2-5,12H,6-8H2,1H3. The quantitative estimate of drug-likeness (QED) is 0.603. The minimum atomic E-state index is -0.675. The van der Waals surface area contributed by atoms with Crippen LogP contribution in [0.4, 0.5) is 0 Å². The summed E-state index contributed by atoms with van der Waals surface area (Å²) >= 11 is 5.58. The van der Waals surface area contributed by atoms with Gasteiger partial charge < -0.3 is 9.64 Å². The predicted molar refractivity (Wildman–Crippen MR) is 67.3 cm³/mol. The third kappa shape index (κ3) is 2.20. The summed E-state index contributed by atoms with van der Waals surface area (Å²) in [5.74, 6) is -0.808. The van der Waals surface area contributed by atoms with Crippen molar-refractivity contribution >= 4 is 23.5 Å². The highest BCUT2D eigenvalue weighted by Gasteiger charge is 2.35. The molecule has 0 bridgehead atoms. The number of alkyl halides is 1. The molecule has 18 heavy (non-hydrogen) atoms. The van der Waals surface area contributed by atoms with Crippen LogP contribution >= 0.6 is 11.6 Å². The molecule has 1 heterocycles. The molecule has 0 aliphatic carbocycles. The van der Waals surface area contributed by atoms with Crippen molar-refractivity contribution in [2.75, 3.05) is 19.5 Å². The summed E-state index contributed by atoms with van der Waals surface area (Å²) in [5.41, 5.74) is 1.90. The highest BCUT2D eigenvalue weighted by Crippen LogP contribution is 2.30. The maximum Gasteiger partial charge on any atom is 0.333 e. The lowest BCUT2D eigenvalue weighted by Gasteiger charge is -2.35. The number of hydrogen-bond donors (Lipinski definition) is 0. The molecule has 96 valence electrons. The highest BCUT2D eigenvalue weighted by atomic mass is 35.5. The monoisotopic (exact) mass is 267 g/mol. The summed E-state index contributed by atoms with van der Waals surface area (Å²) in [6.45, 7) is 0.488. The summed E-state index contributed by atoms with van der Waals surface area (Å²) < 4.78 is 4.80. The van der Waals surface area contributed by atoms with Crippen LogP contribution in [0.1, 0.15) is 17.2 Å². The summed E-state index contributed by atoms with van der Waals surface area (Å²) in [7, 11) is 1.32. The molecular weight excluding hydrogens is 254 g/mol. The van der Waals surface area contributed by atoms with Crippen molar-refractivity contribution in [3.05, 3.63) is 35.4 Å². The van der Waals surface area contributed by atoms with E-state index in [0.29, 0.717) is 6.54 Å². The van der Waals surface area contributed by atoms with Crippen LogP contribution in [0.15, 0.2) is 24.3 Å². The zero-order valence-electron chi connectivity index (χ0n) is 10.1. The van der Waals surface area contributed by atoms with Crippen LogP contribution in [-0.4, -0.2) is 36.3 Å². The largest absolute Gasteiger partial charge is 0.467 e.